The van der Waals surface area contributed by atoms with Crippen LogP contribution >= 0.6 is 0 Å². The molecular formula is C12H12N2O5. The van der Waals surface area contributed by atoms with E-state index in [1.807, 2.05) is 0 Å². The van der Waals surface area contributed by atoms with Crippen LogP contribution in [0, 0.1) is 10.1 Å². The minimum atomic E-state index is -0.749. The van der Waals surface area contributed by atoms with E-state index in [1.165, 1.54) is 12.1 Å². The monoisotopic (exact) mass is 264 g/mol. The van der Waals surface area contributed by atoms with Gasteiger partial charge < -0.3 is 10.1 Å². The standard InChI is InChI=1S/C12H12N2O5/c1-3-4-13-11(15)8-5-9(12(16)19-2)7-10(6-8)14(17)18/h3,5-7H,1,4H2,2H3,(H,13,15). The fourth-order valence-electron chi connectivity index (χ4n) is 1.35. The number of rotatable bonds is 5. The molecule has 1 N–H and O–H groups in total. The number of hydrogen-bond acceptors (Lipinski definition) is 5. The molecule has 19 heavy (non-hydrogen) atoms. The Labute approximate surface area is 109 Å². The Bertz CT molecular complexity index is 539. The molecule has 0 aliphatic carbocycles. The van der Waals surface area contributed by atoms with Crippen molar-refractivity contribution >= 4 is 17.6 Å². The molecule has 0 aliphatic heterocycles. The molecule has 0 saturated carbocycles. The number of non-ortho nitro benzene ring substituents is 1. The van der Waals surface area contributed by atoms with E-state index in [0.29, 0.717) is 0 Å². The zero-order chi connectivity index (χ0) is 14.4. The van der Waals surface area contributed by atoms with E-state index in [-0.39, 0.29) is 23.4 Å². The number of esters is 1. The van der Waals surface area contributed by atoms with Crippen molar-refractivity contribution in [3.05, 3.63) is 52.1 Å². The second-order valence-electron chi connectivity index (χ2n) is 3.52. The first-order valence-electron chi connectivity index (χ1n) is 5.26. The number of benzene rings is 1. The highest BCUT2D eigenvalue weighted by Crippen LogP contribution is 2.18. The molecular weight excluding hydrogens is 252 g/mol. The summed E-state index contributed by atoms with van der Waals surface area (Å²) in [5.74, 6) is -1.28. The lowest BCUT2D eigenvalue weighted by Crippen LogP contribution is -2.23. The van der Waals surface area contributed by atoms with Crippen molar-refractivity contribution in [2.75, 3.05) is 13.7 Å². The van der Waals surface area contributed by atoms with Crippen molar-refractivity contribution in [3.8, 4) is 0 Å². The fourth-order valence-corrected chi connectivity index (χ4v) is 1.35. The number of nitrogens with one attached hydrogen (secondary N) is 1. The lowest BCUT2D eigenvalue weighted by molar-refractivity contribution is -0.384. The van der Waals surface area contributed by atoms with Crippen molar-refractivity contribution in [1.29, 1.82) is 0 Å². The number of carbonyl (C=O) groups excluding carboxylic acids is 2. The molecule has 7 nitrogen and oxygen atoms in total. The summed E-state index contributed by atoms with van der Waals surface area (Å²) in [6.45, 7) is 3.65. The van der Waals surface area contributed by atoms with Gasteiger partial charge in [0.2, 0.25) is 0 Å². The summed E-state index contributed by atoms with van der Waals surface area (Å²) in [5.41, 5.74) is -0.399. The number of hydrogen-bond donors (Lipinski definition) is 1. The third-order valence-corrected chi connectivity index (χ3v) is 2.22. The third kappa shape index (κ3) is 3.63. The molecule has 0 bridgehead atoms. The highest BCUT2D eigenvalue weighted by Gasteiger charge is 2.17. The summed E-state index contributed by atoms with van der Waals surface area (Å²) < 4.78 is 4.48. The molecule has 100 valence electrons. The summed E-state index contributed by atoms with van der Waals surface area (Å²) in [6, 6.07) is 3.37. The molecule has 0 aromatic heterocycles. The van der Waals surface area contributed by atoms with Gasteiger partial charge in [-0.2, -0.15) is 0 Å². The van der Waals surface area contributed by atoms with Gasteiger partial charge in [0, 0.05) is 24.2 Å². The van der Waals surface area contributed by atoms with Crippen LogP contribution in [-0.4, -0.2) is 30.5 Å². The Kier molecular flexibility index (Phi) is 4.76. The number of nitro groups is 1. The number of ether oxygens (including phenoxy) is 1. The molecule has 7 heteroatoms. The number of amides is 1. The Balaban J connectivity index is 3.19. The van der Waals surface area contributed by atoms with E-state index in [9.17, 15) is 19.7 Å². The number of nitro benzene ring substituents is 1. The largest absolute Gasteiger partial charge is 0.465 e. The highest BCUT2D eigenvalue weighted by atomic mass is 16.6. The summed E-state index contributed by atoms with van der Waals surface area (Å²) >= 11 is 0. The Morgan fingerprint density at radius 2 is 2.05 bits per heavy atom. The minimum absolute atomic E-state index is 0.0106. The number of carbonyl (C=O) groups is 2. The van der Waals surface area contributed by atoms with E-state index in [4.69, 9.17) is 0 Å². The Hall–Kier alpha value is -2.70. The molecule has 0 unspecified atom stereocenters. The van der Waals surface area contributed by atoms with Crippen molar-refractivity contribution in [1.82, 2.24) is 5.32 Å². The summed E-state index contributed by atoms with van der Waals surface area (Å²) in [6.07, 6.45) is 1.47. The summed E-state index contributed by atoms with van der Waals surface area (Å²) in [4.78, 5) is 33.2. The zero-order valence-corrected chi connectivity index (χ0v) is 10.2. The summed E-state index contributed by atoms with van der Waals surface area (Å²) in [5, 5.41) is 13.2. The first-order valence-corrected chi connectivity index (χ1v) is 5.26. The molecule has 0 heterocycles. The topological polar surface area (TPSA) is 98.5 Å². The van der Waals surface area contributed by atoms with Gasteiger partial charge in [0.1, 0.15) is 0 Å². The van der Waals surface area contributed by atoms with Gasteiger partial charge in [0.05, 0.1) is 17.6 Å². The van der Waals surface area contributed by atoms with Crippen molar-refractivity contribution in [2.45, 2.75) is 0 Å². The maximum Gasteiger partial charge on any atom is 0.338 e. The van der Waals surface area contributed by atoms with E-state index in [1.54, 1.807) is 0 Å². The van der Waals surface area contributed by atoms with Gasteiger partial charge in [-0.1, -0.05) is 6.08 Å². The number of nitrogens with zero attached hydrogens (tertiary/aromatic N) is 1. The average molecular weight is 264 g/mol. The van der Waals surface area contributed by atoms with Gasteiger partial charge in [-0.05, 0) is 6.07 Å². The quantitative estimate of drug-likeness (QED) is 0.374. The van der Waals surface area contributed by atoms with Gasteiger partial charge in [0.15, 0.2) is 0 Å². The smallest absolute Gasteiger partial charge is 0.338 e. The molecule has 1 aromatic rings. The number of methoxy groups -OCH3 is 1. The predicted molar refractivity (Wildman–Crippen MR) is 67.0 cm³/mol. The highest BCUT2D eigenvalue weighted by molar-refractivity contribution is 5.99. The van der Waals surface area contributed by atoms with Crippen molar-refractivity contribution < 1.29 is 19.2 Å². The molecule has 1 amide bonds. The molecule has 0 spiro atoms. The maximum atomic E-state index is 11.7. The van der Waals surface area contributed by atoms with E-state index in [2.05, 4.69) is 16.6 Å². The van der Waals surface area contributed by atoms with Crippen LogP contribution in [0.4, 0.5) is 5.69 Å². The first kappa shape index (κ1) is 14.4. The van der Waals surface area contributed by atoms with Gasteiger partial charge in [0.25, 0.3) is 11.6 Å². The first-order chi connectivity index (χ1) is 8.99. The molecule has 1 aromatic carbocycles. The van der Waals surface area contributed by atoms with Crippen molar-refractivity contribution in [3.63, 3.8) is 0 Å². The molecule has 1 rings (SSSR count). The van der Waals surface area contributed by atoms with Crippen LogP contribution in [0.2, 0.25) is 0 Å². The second-order valence-corrected chi connectivity index (χ2v) is 3.52. The fraction of sp³-hybridized carbons (Fsp3) is 0.167. The molecule has 0 fully saturated rings. The van der Waals surface area contributed by atoms with Crippen LogP contribution in [0.5, 0.6) is 0 Å². The van der Waals surface area contributed by atoms with Crippen LogP contribution in [-0.2, 0) is 4.74 Å². The SMILES string of the molecule is C=CCNC(=O)c1cc(C(=O)OC)cc([N+](=O)[O-])c1. The third-order valence-electron chi connectivity index (χ3n) is 2.22. The predicted octanol–water partition coefficient (Wildman–Crippen LogP) is 1.30. The normalized spacial score (nSPS) is 9.53. The average Bonchev–Trinajstić information content (AvgIpc) is 2.43. The molecule has 0 saturated heterocycles. The van der Waals surface area contributed by atoms with E-state index >= 15 is 0 Å². The van der Waals surface area contributed by atoms with Crippen molar-refractivity contribution in [2.24, 2.45) is 0 Å². The molecule has 0 atom stereocenters. The van der Waals surface area contributed by atoms with Crippen LogP contribution in [0.25, 0.3) is 0 Å². The van der Waals surface area contributed by atoms with Gasteiger partial charge in [-0.15, -0.1) is 6.58 Å². The van der Waals surface area contributed by atoms with Crippen LogP contribution < -0.4 is 5.32 Å². The summed E-state index contributed by atoms with van der Waals surface area (Å²) in [7, 11) is 1.15. The van der Waals surface area contributed by atoms with Gasteiger partial charge in [-0.25, -0.2) is 4.79 Å². The zero-order valence-electron chi connectivity index (χ0n) is 10.2. The molecule has 0 radical (unpaired) electrons. The van der Waals surface area contributed by atoms with Crippen LogP contribution in [0.15, 0.2) is 30.9 Å². The van der Waals surface area contributed by atoms with E-state index in [0.717, 1.165) is 19.2 Å². The van der Waals surface area contributed by atoms with Crippen LogP contribution in [0.3, 0.4) is 0 Å². The van der Waals surface area contributed by atoms with Gasteiger partial charge >= 0.3 is 5.97 Å². The lowest BCUT2D eigenvalue weighted by Gasteiger charge is -2.05. The maximum absolute atomic E-state index is 11.7. The van der Waals surface area contributed by atoms with Crippen LogP contribution in [0.1, 0.15) is 20.7 Å². The minimum Gasteiger partial charge on any atom is -0.465 e. The van der Waals surface area contributed by atoms with Gasteiger partial charge in [-0.3, -0.25) is 14.9 Å². The Morgan fingerprint density at radius 1 is 1.42 bits per heavy atom. The lowest BCUT2D eigenvalue weighted by atomic mass is 10.1. The van der Waals surface area contributed by atoms with E-state index < -0.39 is 16.8 Å². The second kappa shape index (κ2) is 6.29. The molecule has 0 aliphatic rings. The Morgan fingerprint density at radius 3 is 2.58 bits per heavy atom.